The van der Waals surface area contributed by atoms with Crippen LogP contribution in [0.1, 0.15) is 192 Å². The van der Waals surface area contributed by atoms with Crippen LogP contribution in [0.15, 0.2) is 29.1 Å². The van der Waals surface area contributed by atoms with Crippen molar-refractivity contribution in [2.24, 2.45) is 11.8 Å². The molecule has 5 rings (SSSR count). The number of phenolic OH excluding ortho intramolecular Hbond substituents is 1. The minimum Gasteiger partial charge on any atom is -0.508 e. The fraction of sp³-hybridized carbons (Fsp3) is 0.714. The summed E-state index contributed by atoms with van der Waals surface area (Å²) in [5.74, 6) is -5.92. The Morgan fingerprint density at radius 2 is 1.06 bits per heavy atom. The van der Waals surface area contributed by atoms with Gasteiger partial charge in [0.05, 0.1) is 100 Å². The second kappa shape index (κ2) is 32.5. The summed E-state index contributed by atoms with van der Waals surface area (Å²) in [6, 6.07) is 6.57. The largest absolute Gasteiger partial charge is 0.508 e. The third-order valence-corrected chi connectivity index (χ3v) is 18.2. The van der Waals surface area contributed by atoms with Crippen molar-refractivity contribution < 1.29 is 96.6 Å². The number of aromatic nitrogens is 2. The molecule has 1 amide bonds. The Morgan fingerprint density at radius 1 is 0.611 bits per heavy atom. The van der Waals surface area contributed by atoms with Crippen LogP contribution >= 0.6 is 0 Å². The first-order valence-electron chi connectivity index (χ1n) is 32.9. The molecule has 3 unspecified atom stereocenters. The lowest BCUT2D eigenvalue weighted by atomic mass is 9.80. The molecule has 0 spiro atoms. The molecule has 6 N–H and O–H groups in total. The number of pyridine rings is 2. The van der Waals surface area contributed by atoms with Crippen molar-refractivity contribution >= 4 is 46.7 Å². The average molecular weight is 1340 g/mol. The minimum absolute atomic E-state index is 0.0792. The van der Waals surface area contributed by atoms with Crippen LogP contribution in [0.4, 0.5) is 0 Å². The highest BCUT2D eigenvalue weighted by Crippen LogP contribution is 2.43. The zero-order valence-electron chi connectivity index (χ0n) is 59.4. The van der Waals surface area contributed by atoms with E-state index >= 15 is 0 Å². The van der Waals surface area contributed by atoms with Gasteiger partial charge in [0.25, 0.3) is 5.56 Å². The van der Waals surface area contributed by atoms with Gasteiger partial charge in [-0.05, 0) is 192 Å². The number of cyclic esters (lactones) is 1. The van der Waals surface area contributed by atoms with Crippen molar-refractivity contribution in [1.29, 1.82) is 0 Å². The topological polar surface area (TPSA) is 335 Å². The van der Waals surface area contributed by atoms with Crippen molar-refractivity contribution in [2.75, 3.05) is 72.5 Å². The number of fused-ring (bicyclic) bond motifs is 5. The predicted octanol–water partition coefficient (Wildman–Crippen LogP) is 8.79. The van der Waals surface area contributed by atoms with Gasteiger partial charge in [0.1, 0.15) is 45.3 Å². The maximum Gasteiger partial charge on any atom is 0.355 e. The van der Waals surface area contributed by atoms with Gasteiger partial charge in [-0.25, -0.2) is 24.2 Å². The normalized spacial score (nSPS) is 16.2. The number of hydrogen-bond acceptors (Lipinski definition) is 20. The first kappa shape index (κ1) is 79.5. The van der Waals surface area contributed by atoms with Crippen LogP contribution in [0.25, 0.3) is 22.3 Å². The molecule has 2 aliphatic heterocycles. The molecule has 3 aromatic rings. The quantitative estimate of drug-likeness (QED) is 0.0225. The number of nitrogens with zero attached hydrogens (tertiary/aromatic N) is 2. The van der Waals surface area contributed by atoms with Gasteiger partial charge in [0, 0.05) is 41.4 Å². The zero-order chi connectivity index (χ0) is 71.3. The number of carboxylic acids is 3. The summed E-state index contributed by atoms with van der Waals surface area (Å²) < 4.78 is 62.6. The van der Waals surface area contributed by atoms with Gasteiger partial charge < -0.3 is 83.0 Å². The van der Waals surface area contributed by atoms with Crippen LogP contribution in [-0.2, 0) is 101 Å². The molecule has 0 aliphatic carbocycles. The third kappa shape index (κ3) is 23.3. The summed E-state index contributed by atoms with van der Waals surface area (Å²) in [5, 5.41) is 45.1. The van der Waals surface area contributed by atoms with Crippen molar-refractivity contribution in [3.05, 3.63) is 56.9 Å². The van der Waals surface area contributed by atoms with Gasteiger partial charge in [0.15, 0.2) is 0 Å². The highest BCUT2D eigenvalue weighted by atomic mass is 16.6. The Labute approximate surface area is 559 Å². The summed E-state index contributed by atoms with van der Waals surface area (Å²) in [5.41, 5.74) is -4.91. The predicted molar refractivity (Wildman–Crippen MR) is 353 cm³/mol. The summed E-state index contributed by atoms with van der Waals surface area (Å²) in [6.07, 6.45) is 3.16. The molecule has 1 aromatic carbocycles. The van der Waals surface area contributed by atoms with Crippen molar-refractivity contribution in [1.82, 2.24) is 20.2 Å². The maximum atomic E-state index is 14.2. The number of nitrogens with one attached hydrogen (secondary N) is 2. The van der Waals surface area contributed by atoms with E-state index in [4.69, 9.17) is 52.4 Å². The van der Waals surface area contributed by atoms with E-state index in [0.717, 1.165) is 16.5 Å². The van der Waals surface area contributed by atoms with Crippen LogP contribution in [0.2, 0.25) is 0 Å². The number of amides is 1. The number of hydrogen-bond donors (Lipinski definition) is 6. The number of aryl methyl sites for hydroxylation is 1. The Morgan fingerprint density at radius 3 is 1.51 bits per heavy atom. The van der Waals surface area contributed by atoms with Crippen molar-refractivity contribution in [3.63, 3.8) is 0 Å². The highest BCUT2D eigenvalue weighted by molar-refractivity contribution is 5.91. The molecule has 534 valence electrons. The average Bonchev–Trinajstić information content (AvgIpc) is 1.64. The van der Waals surface area contributed by atoms with Crippen molar-refractivity contribution in [2.45, 2.75) is 240 Å². The van der Waals surface area contributed by atoms with E-state index in [-0.39, 0.29) is 68.1 Å². The Hall–Kier alpha value is -6.16. The molecular weight excluding hydrogens is 1230 g/mol. The molecule has 3 atom stereocenters. The fourth-order valence-electron chi connectivity index (χ4n) is 11.8. The number of aromatic hydroxyl groups is 1. The summed E-state index contributed by atoms with van der Waals surface area (Å²) in [7, 11) is 0. The van der Waals surface area contributed by atoms with Crippen LogP contribution in [-0.4, -0.2) is 183 Å². The second-order valence-electron chi connectivity index (χ2n) is 29.7. The van der Waals surface area contributed by atoms with Gasteiger partial charge in [-0.3, -0.25) is 14.4 Å². The molecule has 25 heteroatoms. The Balaban J connectivity index is 1.24. The van der Waals surface area contributed by atoms with E-state index in [1.54, 1.807) is 35.8 Å². The Kier molecular flexibility index (Phi) is 27.2. The number of aliphatic carboxylic acids is 3. The van der Waals surface area contributed by atoms with Gasteiger partial charge in [-0.15, -0.1) is 0 Å². The smallest absolute Gasteiger partial charge is 0.355 e. The molecule has 0 saturated heterocycles. The number of carbonyl (C=O) groups excluding carboxylic acids is 3. The lowest BCUT2D eigenvalue weighted by molar-refractivity contribution is -0.189. The second-order valence-corrected chi connectivity index (χ2v) is 29.7. The molecule has 0 saturated carbocycles. The van der Waals surface area contributed by atoms with E-state index < -0.39 is 125 Å². The summed E-state index contributed by atoms with van der Waals surface area (Å²) in [6.45, 7) is 33.6. The Bertz CT molecular complexity index is 3240. The van der Waals surface area contributed by atoms with E-state index in [1.807, 2.05) is 118 Å². The van der Waals surface area contributed by atoms with Crippen LogP contribution < -0.4 is 16.2 Å². The van der Waals surface area contributed by atoms with E-state index in [2.05, 4.69) is 10.6 Å². The van der Waals surface area contributed by atoms with Crippen LogP contribution in [0.5, 0.6) is 5.75 Å². The molecule has 2 aromatic heterocycles. The molecule has 0 fully saturated rings. The standard InChI is InChI=1S/C70H108N4O21/c1-19-47-48-31-46(75)21-22-52(48)73-59-49(47)38-74-53(59)32-51-50(60(74)84)39-86-61(85)70(51,20-2)95-58(83)37-72-54(76)40-91-62(3,4)23-27-87-66(11,12)33-44(68(15,16)89-29-25-64(7,8)93-42-56(79)80)35-71-36-45(69(17,18)90-30-26-65(9,10)94-43-57(81)82)34-67(13,14)88-28-24-63(5,6)92-41-55(77)78/h21-22,31-32,44-45,71,75H,19-20,23-30,33-43H2,1-18H3,(H,72,76)(H,77,78)(H,79,80)(H,81,82). The lowest BCUT2D eigenvalue weighted by Crippen LogP contribution is -2.49. The first-order chi connectivity index (χ1) is 43.9. The molecule has 95 heavy (non-hydrogen) atoms. The fourth-order valence-corrected chi connectivity index (χ4v) is 11.8. The van der Waals surface area contributed by atoms with E-state index in [1.165, 1.54) is 0 Å². The zero-order valence-corrected chi connectivity index (χ0v) is 59.4. The van der Waals surface area contributed by atoms with Crippen molar-refractivity contribution in [3.8, 4) is 17.1 Å². The van der Waals surface area contributed by atoms with Gasteiger partial charge in [-0.1, -0.05) is 13.8 Å². The lowest BCUT2D eigenvalue weighted by Gasteiger charge is -2.42. The van der Waals surface area contributed by atoms with Crippen LogP contribution in [0.3, 0.4) is 0 Å². The summed E-state index contributed by atoms with van der Waals surface area (Å²) in [4.78, 5) is 93.9. The number of carboxylic acid groups (broad SMARTS) is 3. The molecule has 0 radical (unpaired) electrons. The van der Waals surface area contributed by atoms with E-state index in [0.29, 0.717) is 81.5 Å². The molecule has 25 nitrogen and oxygen atoms in total. The number of benzene rings is 1. The van der Waals surface area contributed by atoms with Gasteiger partial charge in [0.2, 0.25) is 11.5 Å². The summed E-state index contributed by atoms with van der Waals surface area (Å²) >= 11 is 0. The number of phenols is 1. The number of rotatable bonds is 43. The molecule has 0 bridgehead atoms. The first-order valence-corrected chi connectivity index (χ1v) is 32.9. The van der Waals surface area contributed by atoms with E-state index in [9.17, 15) is 54.0 Å². The number of ether oxygens (including phenoxy) is 10. The molecular formula is C70H108N4O21. The third-order valence-electron chi connectivity index (χ3n) is 18.2. The van der Waals surface area contributed by atoms with Crippen LogP contribution in [0, 0.1) is 11.8 Å². The SMILES string of the molecule is CCc1c2c(nc3ccc(O)cc13)-c1cc3c(c(=O)n1C2)COC(=O)C3(CC)OC(=O)CNC(=O)COC(C)(C)CCOC(C)(C)CC(CNCC(CC(C)(C)OCCC(C)(C)OCC(=O)O)C(C)(C)OCCC(C)(C)OCC(=O)O)C(C)(C)OCCC(C)(C)OCC(=O)O. The number of carbonyl (C=O) groups is 6. The number of esters is 2. The van der Waals surface area contributed by atoms with Gasteiger partial charge >= 0.3 is 29.8 Å². The molecule has 4 heterocycles. The maximum absolute atomic E-state index is 14.2. The van der Waals surface area contributed by atoms with Gasteiger partial charge in [-0.2, -0.15) is 0 Å². The monoisotopic (exact) mass is 1340 g/mol. The molecule has 2 aliphatic rings. The highest BCUT2D eigenvalue weighted by Gasteiger charge is 2.51. The minimum atomic E-state index is -2.00.